The molecule has 0 amide bonds. The van der Waals surface area contributed by atoms with Gasteiger partial charge in [0.2, 0.25) is 0 Å². The predicted molar refractivity (Wildman–Crippen MR) is 97.9 cm³/mol. The molecule has 7 nitrogen and oxygen atoms in total. The van der Waals surface area contributed by atoms with Crippen LogP contribution in [-0.4, -0.2) is 27.2 Å². The van der Waals surface area contributed by atoms with Gasteiger partial charge in [-0.1, -0.05) is 13.8 Å². The highest BCUT2D eigenvalue weighted by atomic mass is 32.1. The molecule has 1 N–H and O–H groups in total. The van der Waals surface area contributed by atoms with Gasteiger partial charge in [0, 0.05) is 7.05 Å². The summed E-state index contributed by atoms with van der Waals surface area (Å²) in [5, 5.41) is 20.0. The summed E-state index contributed by atoms with van der Waals surface area (Å²) >= 11 is 1.37. The van der Waals surface area contributed by atoms with Gasteiger partial charge in [-0.15, -0.1) is 16.4 Å². The van der Waals surface area contributed by atoms with Crippen LogP contribution in [0.5, 0.6) is 0 Å². The standard InChI is InChI=1S/C17H18N6OS/c1-4-10-11(8-18)16(22-21-12(10)5-2)23(3)9-14-19-13-6-7-25-15(13)17(24)20-14/h6-7H,4-5,9H2,1-3H3,(H,19,20,24). The Morgan fingerprint density at radius 3 is 2.80 bits per heavy atom. The van der Waals surface area contributed by atoms with Crippen molar-refractivity contribution in [3.63, 3.8) is 0 Å². The minimum absolute atomic E-state index is 0.148. The molecular weight excluding hydrogens is 336 g/mol. The van der Waals surface area contributed by atoms with Crippen LogP contribution in [-0.2, 0) is 19.4 Å². The molecule has 25 heavy (non-hydrogen) atoms. The van der Waals surface area contributed by atoms with Gasteiger partial charge in [0.25, 0.3) is 5.56 Å². The third kappa shape index (κ3) is 3.10. The molecule has 0 aliphatic heterocycles. The van der Waals surface area contributed by atoms with Crippen molar-refractivity contribution in [2.75, 3.05) is 11.9 Å². The van der Waals surface area contributed by atoms with Gasteiger partial charge in [-0.2, -0.15) is 10.4 Å². The van der Waals surface area contributed by atoms with Crippen LogP contribution in [0.4, 0.5) is 5.82 Å². The Labute approximate surface area is 149 Å². The van der Waals surface area contributed by atoms with Crippen molar-refractivity contribution in [2.24, 2.45) is 0 Å². The van der Waals surface area contributed by atoms with E-state index in [1.54, 1.807) is 4.90 Å². The molecule has 0 bridgehead atoms. The number of hydrogen-bond donors (Lipinski definition) is 1. The van der Waals surface area contributed by atoms with Crippen LogP contribution in [0.15, 0.2) is 16.2 Å². The molecule has 3 heterocycles. The van der Waals surface area contributed by atoms with Crippen molar-refractivity contribution < 1.29 is 0 Å². The molecule has 0 spiro atoms. The summed E-state index contributed by atoms with van der Waals surface area (Å²) in [6, 6.07) is 4.08. The summed E-state index contributed by atoms with van der Waals surface area (Å²) in [5.41, 5.74) is 2.85. The molecular formula is C17H18N6OS. The average Bonchev–Trinajstić information content (AvgIpc) is 3.09. The SMILES string of the molecule is CCc1nnc(N(C)Cc2nc3ccsc3c(=O)[nH]2)c(C#N)c1CC. The van der Waals surface area contributed by atoms with Gasteiger partial charge in [0.1, 0.15) is 22.2 Å². The van der Waals surface area contributed by atoms with Gasteiger partial charge < -0.3 is 9.88 Å². The Kier molecular flexibility index (Phi) is 4.76. The number of aromatic nitrogens is 4. The lowest BCUT2D eigenvalue weighted by molar-refractivity contribution is 0.789. The van der Waals surface area contributed by atoms with Gasteiger partial charge >= 0.3 is 0 Å². The van der Waals surface area contributed by atoms with Gasteiger partial charge in [-0.3, -0.25) is 4.79 Å². The maximum atomic E-state index is 12.1. The van der Waals surface area contributed by atoms with Crippen LogP contribution in [0.2, 0.25) is 0 Å². The number of aromatic amines is 1. The second-order valence-corrected chi connectivity index (χ2v) is 6.56. The van der Waals surface area contributed by atoms with E-state index >= 15 is 0 Å². The molecule has 128 valence electrons. The second-order valence-electron chi connectivity index (χ2n) is 5.65. The van der Waals surface area contributed by atoms with Gasteiger partial charge in [-0.05, 0) is 29.9 Å². The summed E-state index contributed by atoms with van der Waals surface area (Å²) in [6.45, 7) is 4.34. The largest absolute Gasteiger partial charge is 0.350 e. The number of rotatable bonds is 5. The summed E-state index contributed by atoms with van der Waals surface area (Å²) in [5.74, 6) is 1.03. The molecule has 0 saturated heterocycles. The molecule has 0 saturated carbocycles. The lowest BCUT2D eigenvalue weighted by Gasteiger charge is -2.20. The van der Waals surface area contributed by atoms with Crippen molar-refractivity contribution in [1.29, 1.82) is 5.26 Å². The van der Waals surface area contributed by atoms with Crippen molar-refractivity contribution in [1.82, 2.24) is 20.2 Å². The third-order valence-corrected chi connectivity index (χ3v) is 4.95. The molecule has 0 unspecified atom stereocenters. The fraction of sp³-hybridized carbons (Fsp3) is 0.353. The van der Waals surface area contributed by atoms with Crippen LogP contribution >= 0.6 is 11.3 Å². The maximum Gasteiger partial charge on any atom is 0.268 e. The molecule has 0 aromatic carbocycles. The van der Waals surface area contributed by atoms with E-state index in [0.29, 0.717) is 34.0 Å². The molecule has 0 fully saturated rings. The van der Waals surface area contributed by atoms with Crippen LogP contribution in [0.25, 0.3) is 10.2 Å². The van der Waals surface area contributed by atoms with E-state index in [4.69, 9.17) is 0 Å². The highest BCUT2D eigenvalue weighted by molar-refractivity contribution is 7.17. The number of H-pyrrole nitrogens is 1. The van der Waals surface area contributed by atoms with Crippen molar-refractivity contribution >= 4 is 27.4 Å². The highest BCUT2D eigenvalue weighted by Gasteiger charge is 2.18. The van der Waals surface area contributed by atoms with Gasteiger partial charge in [0.05, 0.1) is 17.8 Å². The predicted octanol–water partition coefficient (Wildman–Crippen LogP) is 2.41. The molecule has 0 aliphatic carbocycles. The lowest BCUT2D eigenvalue weighted by atomic mass is 10.0. The number of thiophene rings is 1. The molecule has 0 aliphatic rings. The topological polar surface area (TPSA) is 98.6 Å². The second kappa shape index (κ2) is 6.99. The summed E-state index contributed by atoms with van der Waals surface area (Å²) in [4.78, 5) is 21.2. The number of nitriles is 1. The number of fused-ring (bicyclic) bond motifs is 1. The normalized spacial score (nSPS) is 10.8. The van der Waals surface area contributed by atoms with E-state index in [-0.39, 0.29) is 5.56 Å². The number of nitrogens with one attached hydrogen (secondary N) is 1. The Balaban J connectivity index is 1.99. The van der Waals surface area contributed by atoms with Crippen molar-refractivity contribution in [3.8, 4) is 6.07 Å². The highest BCUT2D eigenvalue weighted by Crippen LogP contribution is 2.23. The van der Waals surface area contributed by atoms with Gasteiger partial charge in [0.15, 0.2) is 5.82 Å². The first kappa shape index (κ1) is 17.0. The summed E-state index contributed by atoms with van der Waals surface area (Å²) < 4.78 is 0.615. The fourth-order valence-electron chi connectivity index (χ4n) is 2.84. The quantitative estimate of drug-likeness (QED) is 0.755. The fourth-order valence-corrected chi connectivity index (χ4v) is 3.57. The van der Waals surface area contributed by atoms with Crippen LogP contribution in [0, 0.1) is 11.3 Å². The Hall–Kier alpha value is -2.79. The Morgan fingerprint density at radius 2 is 2.12 bits per heavy atom. The zero-order chi connectivity index (χ0) is 18.0. The Morgan fingerprint density at radius 1 is 1.32 bits per heavy atom. The molecule has 0 atom stereocenters. The van der Waals surface area contributed by atoms with E-state index in [1.165, 1.54) is 11.3 Å². The minimum atomic E-state index is -0.148. The number of aryl methyl sites for hydroxylation is 1. The first-order valence-electron chi connectivity index (χ1n) is 8.05. The van der Waals surface area contributed by atoms with Gasteiger partial charge in [-0.25, -0.2) is 4.98 Å². The summed E-state index contributed by atoms with van der Waals surface area (Å²) in [6.07, 6.45) is 1.46. The van der Waals surface area contributed by atoms with E-state index in [2.05, 4.69) is 26.2 Å². The summed E-state index contributed by atoms with van der Waals surface area (Å²) in [7, 11) is 1.81. The monoisotopic (exact) mass is 354 g/mol. The molecule has 3 aromatic rings. The Bertz CT molecular complexity index is 1020. The van der Waals surface area contributed by atoms with Crippen LogP contribution in [0.1, 0.15) is 36.5 Å². The third-order valence-electron chi connectivity index (χ3n) is 4.05. The van der Waals surface area contributed by atoms with Crippen LogP contribution < -0.4 is 10.5 Å². The van der Waals surface area contributed by atoms with E-state index < -0.39 is 0 Å². The maximum absolute atomic E-state index is 12.1. The lowest BCUT2D eigenvalue weighted by Crippen LogP contribution is -2.24. The molecule has 8 heteroatoms. The van der Waals surface area contributed by atoms with Crippen molar-refractivity contribution in [3.05, 3.63) is 44.4 Å². The van der Waals surface area contributed by atoms with E-state index in [0.717, 1.165) is 24.1 Å². The van der Waals surface area contributed by atoms with Crippen LogP contribution in [0.3, 0.4) is 0 Å². The first-order chi connectivity index (χ1) is 12.1. The van der Waals surface area contributed by atoms with E-state index in [1.807, 2.05) is 32.3 Å². The smallest absolute Gasteiger partial charge is 0.268 e. The molecule has 0 radical (unpaired) electrons. The average molecular weight is 354 g/mol. The number of hydrogen-bond acceptors (Lipinski definition) is 7. The number of anilines is 1. The molecule has 3 aromatic heterocycles. The zero-order valence-electron chi connectivity index (χ0n) is 14.3. The zero-order valence-corrected chi connectivity index (χ0v) is 15.1. The number of nitrogens with zero attached hydrogens (tertiary/aromatic N) is 5. The molecule has 3 rings (SSSR count). The first-order valence-corrected chi connectivity index (χ1v) is 8.93. The van der Waals surface area contributed by atoms with Crippen molar-refractivity contribution in [2.45, 2.75) is 33.2 Å². The minimum Gasteiger partial charge on any atom is -0.350 e. The van der Waals surface area contributed by atoms with E-state index in [9.17, 15) is 10.1 Å².